The Balaban J connectivity index is 2.68. The summed E-state index contributed by atoms with van der Waals surface area (Å²) in [5, 5.41) is 11.6. The van der Waals surface area contributed by atoms with Crippen molar-refractivity contribution in [2.75, 3.05) is 6.54 Å². The van der Waals surface area contributed by atoms with Gasteiger partial charge in [0.15, 0.2) is 0 Å². The van der Waals surface area contributed by atoms with Crippen LogP contribution in [0.2, 0.25) is 0 Å². The van der Waals surface area contributed by atoms with Gasteiger partial charge in [-0.05, 0) is 24.6 Å². The Bertz CT molecular complexity index is 524. The smallest absolute Gasteiger partial charge is 0.335 e. The van der Waals surface area contributed by atoms with Crippen molar-refractivity contribution in [3.05, 3.63) is 34.9 Å². The minimum atomic E-state index is -0.950. The summed E-state index contributed by atoms with van der Waals surface area (Å²) in [7, 11) is 0. The molecule has 0 fully saturated rings. The van der Waals surface area contributed by atoms with Gasteiger partial charge in [0.25, 0.3) is 0 Å². The van der Waals surface area contributed by atoms with Crippen LogP contribution < -0.4 is 5.32 Å². The first-order valence-corrected chi connectivity index (χ1v) is 5.58. The lowest BCUT2D eigenvalue weighted by atomic mass is 10.1. The van der Waals surface area contributed by atoms with Crippen molar-refractivity contribution in [1.82, 2.24) is 5.32 Å². The van der Waals surface area contributed by atoms with Gasteiger partial charge in [0, 0.05) is 25.5 Å². The van der Waals surface area contributed by atoms with Crippen LogP contribution in [-0.4, -0.2) is 23.5 Å². The van der Waals surface area contributed by atoms with Crippen molar-refractivity contribution in [3.63, 3.8) is 0 Å². The van der Waals surface area contributed by atoms with E-state index in [2.05, 4.69) is 17.2 Å². The zero-order valence-corrected chi connectivity index (χ0v) is 10.4. The summed E-state index contributed by atoms with van der Waals surface area (Å²) < 4.78 is 0. The van der Waals surface area contributed by atoms with Gasteiger partial charge in [-0.15, -0.1) is 0 Å². The molecule has 18 heavy (non-hydrogen) atoms. The number of hydrogen-bond acceptors (Lipinski definition) is 2. The van der Waals surface area contributed by atoms with Crippen molar-refractivity contribution >= 4 is 11.9 Å². The molecule has 0 saturated heterocycles. The van der Waals surface area contributed by atoms with Gasteiger partial charge in [0.05, 0.1) is 5.56 Å². The Kier molecular flexibility index (Phi) is 4.94. The predicted octanol–water partition coefficient (Wildman–Crippen LogP) is 1.57. The summed E-state index contributed by atoms with van der Waals surface area (Å²) in [5.41, 5.74) is 1.65. The van der Waals surface area contributed by atoms with Gasteiger partial charge < -0.3 is 10.4 Å². The van der Waals surface area contributed by atoms with Crippen LogP contribution in [-0.2, 0) is 4.79 Å². The Morgan fingerprint density at radius 3 is 2.72 bits per heavy atom. The van der Waals surface area contributed by atoms with E-state index in [9.17, 15) is 9.59 Å². The normalized spacial score (nSPS) is 9.22. The minimum absolute atomic E-state index is 0.0831. The average molecular weight is 245 g/mol. The lowest BCUT2D eigenvalue weighted by molar-refractivity contribution is -0.118. The molecule has 4 nitrogen and oxygen atoms in total. The molecule has 0 aliphatic rings. The molecule has 4 heteroatoms. The molecular weight excluding hydrogens is 230 g/mol. The predicted molar refractivity (Wildman–Crippen MR) is 68.3 cm³/mol. The molecule has 0 bridgehead atoms. The van der Waals surface area contributed by atoms with E-state index in [1.165, 1.54) is 6.92 Å². The molecule has 0 aliphatic carbocycles. The maximum absolute atomic E-state index is 10.9. The molecule has 1 aromatic carbocycles. The molecule has 0 unspecified atom stereocenters. The van der Waals surface area contributed by atoms with E-state index in [0.29, 0.717) is 24.1 Å². The molecule has 94 valence electrons. The van der Waals surface area contributed by atoms with E-state index in [1.807, 2.05) is 0 Å². The molecule has 0 atom stereocenters. The molecule has 1 rings (SSSR count). The van der Waals surface area contributed by atoms with Crippen molar-refractivity contribution in [2.24, 2.45) is 0 Å². The molecule has 0 heterocycles. The monoisotopic (exact) mass is 245 g/mol. The highest BCUT2D eigenvalue weighted by Crippen LogP contribution is 2.10. The number of aromatic carboxylic acids is 1. The first kappa shape index (κ1) is 13.8. The maximum Gasteiger partial charge on any atom is 0.335 e. The van der Waals surface area contributed by atoms with Crippen molar-refractivity contribution in [2.45, 2.75) is 20.3 Å². The van der Waals surface area contributed by atoms with Crippen LogP contribution in [0.5, 0.6) is 0 Å². The van der Waals surface area contributed by atoms with Gasteiger partial charge in [0.1, 0.15) is 0 Å². The summed E-state index contributed by atoms with van der Waals surface area (Å²) in [6.07, 6.45) is 0.538. The molecule has 1 aromatic rings. The number of carbonyl (C=O) groups excluding carboxylic acids is 1. The Labute approximate surface area is 106 Å². The first-order chi connectivity index (χ1) is 8.50. The number of carboxylic acids is 1. The van der Waals surface area contributed by atoms with Crippen LogP contribution >= 0.6 is 0 Å². The highest BCUT2D eigenvalue weighted by Gasteiger charge is 2.06. The number of rotatable bonds is 3. The van der Waals surface area contributed by atoms with Gasteiger partial charge in [-0.25, -0.2) is 4.79 Å². The van der Waals surface area contributed by atoms with Gasteiger partial charge in [0.2, 0.25) is 5.91 Å². The SMILES string of the molecule is CC(=O)NCCC#Cc1ccc(C)c(C(=O)O)c1. The zero-order valence-electron chi connectivity index (χ0n) is 10.4. The lowest BCUT2D eigenvalue weighted by Gasteiger charge is -2.00. The van der Waals surface area contributed by atoms with E-state index < -0.39 is 5.97 Å². The van der Waals surface area contributed by atoms with E-state index in [-0.39, 0.29) is 11.5 Å². The Hall–Kier alpha value is -2.28. The topological polar surface area (TPSA) is 66.4 Å². The standard InChI is InChI=1S/C14H15NO3/c1-10-6-7-12(9-13(10)14(17)18)5-3-4-8-15-11(2)16/h6-7,9H,4,8H2,1-2H3,(H,15,16)(H,17,18). The molecular formula is C14H15NO3. The second-order valence-corrected chi connectivity index (χ2v) is 3.87. The Morgan fingerprint density at radius 1 is 1.39 bits per heavy atom. The molecule has 0 aliphatic heterocycles. The summed E-state index contributed by atoms with van der Waals surface area (Å²) >= 11 is 0. The number of benzene rings is 1. The number of nitrogens with one attached hydrogen (secondary N) is 1. The molecule has 0 radical (unpaired) electrons. The fourth-order valence-corrected chi connectivity index (χ4v) is 1.40. The van der Waals surface area contributed by atoms with E-state index >= 15 is 0 Å². The van der Waals surface area contributed by atoms with Gasteiger partial charge >= 0.3 is 5.97 Å². The third-order valence-electron chi connectivity index (χ3n) is 2.32. The van der Waals surface area contributed by atoms with Gasteiger partial charge in [-0.3, -0.25) is 4.79 Å². The van der Waals surface area contributed by atoms with Gasteiger partial charge in [-0.2, -0.15) is 0 Å². The number of carboxylic acid groups (broad SMARTS) is 1. The summed E-state index contributed by atoms with van der Waals surface area (Å²) in [6.45, 7) is 3.70. The Morgan fingerprint density at radius 2 is 2.11 bits per heavy atom. The number of hydrogen-bond donors (Lipinski definition) is 2. The number of carbonyl (C=O) groups is 2. The zero-order chi connectivity index (χ0) is 13.5. The first-order valence-electron chi connectivity index (χ1n) is 5.58. The number of aryl methyl sites for hydroxylation is 1. The van der Waals surface area contributed by atoms with Crippen LogP contribution in [0.3, 0.4) is 0 Å². The lowest BCUT2D eigenvalue weighted by Crippen LogP contribution is -2.20. The van der Waals surface area contributed by atoms with Crippen molar-refractivity contribution < 1.29 is 14.7 Å². The van der Waals surface area contributed by atoms with Crippen LogP contribution in [0.25, 0.3) is 0 Å². The fourth-order valence-electron chi connectivity index (χ4n) is 1.40. The van der Waals surface area contributed by atoms with Crippen molar-refractivity contribution in [1.29, 1.82) is 0 Å². The van der Waals surface area contributed by atoms with E-state index in [1.54, 1.807) is 25.1 Å². The summed E-state index contributed by atoms with van der Waals surface area (Å²) in [6, 6.07) is 5.08. The van der Waals surface area contributed by atoms with Crippen LogP contribution in [0.1, 0.15) is 34.8 Å². The van der Waals surface area contributed by atoms with Crippen LogP contribution in [0.15, 0.2) is 18.2 Å². The average Bonchev–Trinajstić information content (AvgIpc) is 2.30. The second-order valence-electron chi connectivity index (χ2n) is 3.87. The molecule has 0 aromatic heterocycles. The minimum Gasteiger partial charge on any atom is -0.478 e. The summed E-state index contributed by atoms with van der Waals surface area (Å²) in [4.78, 5) is 21.5. The highest BCUT2D eigenvalue weighted by atomic mass is 16.4. The van der Waals surface area contributed by atoms with Gasteiger partial charge in [-0.1, -0.05) is 17.9 Å². The quantitative estimate of drug-likeness (QED) is 0.627. The highest BCUT2D eigenvalue weighted by molar-refractivity contribution is 5.89. The van der Waals surface area contributed by atoms with Crippen LogP contribution in [0.4, 0.5) is 0 Å². The van der Waals surface area contributed by atoms with Crippen LogP contribution in [0, 0.1) is 18.8 Å². The largest absolute Gasteiger partial charge is 0.478 e. The molecule has 2 N–H and O–H groups in total. The summed E-state index contributed by atoms with van der Waals surface area (Å²) in [5.74, 6) is 4.73. The molecule has 1 amide bonds. The number of amides is 1. The third-order valence-corrected chi connectivity index (χ3v) is 2.32. The van der Waals surface area contributed by atoms with E-state index in [0.717, 1.165) is 0 Å². The van der Waals surface area contributed by atoms with E-state index in [4.69, 9.17) is 5.11 Å². The third kappa shape index (κ3) is 4.30. The fraction of sp³-hybridized carbons (Fsp3) is 0.286. The van der Waals surface area contributed by atoms with Crippen molar-refractivity contribution in [3.8, 4) is 11.8 Å². The molecule has 0 spiro atoms. The maximum atomic E-state index is 10.9. The molecule has 0 saturated carbocycles. The second kappa shape index (κ2) is 6.45.